The minimum absolute atomic E-state index is 0.107. The lowest BCUT2D eigenvalue weighted by molar-refractivity contribution is -0.174. The topological polar surface area (TPSA) is 89.0 Å². The maximum absolute atomic E-state index is 12.1. The molecule has 0 spiro atoms. The van der Waals surface area contributed by atoms with Gasteiger partial charge in [0.05, 0.1) is 13.2 Å². The quantitative estimate of drug-likeness (QED) is 0.874. The van der Waals surface area contributed by atoms with E-state index < -0.39 is 18.1 Å². The number of aromatic nitrogens is 1. The molecule has 1 aliphatic carbocycles. The van der Waals surface area contributed by atoms with Crippen LogP contribution in [0.15, 0.2) is 18.3 Å². The molecule has 1 saturated heterocycles. The molecule has 2 fully saturated rings. The summed E-state index contributed by atoms with van der Waals surface area (Å²) in [6, 6.07) is 2.84. The van der Waals surface area contributed by atoms with Gasteiger partial charge in [0.15, 0.2) is 6.10 Å². The fraction of sp³-hybridized carbons (Fsp3) is 0.500. The van der Waals surface area contributed by atoms with Crippen molar-refractivity contribution in [1.29, 1.82) is 0 Å². The summed E-state index contributed by atoms with van der Waals surface area (Å²) in [5.74, 6) is -0.809. The van der Waals surface area contributed by atoms with Crippen LogP contribution in [0.3, 0.4) is 0 Å². The number of hydrogen-bond donors (Lipinski definition) is 1. The maximum atomic E-state index is 12.1. The van der Waals surface area contributed by atoms with Crippen LogP contribution in [0.25, 0.3) is 0 Å². The molecule has 2 atom stereocenters. The molecule has 112 valence electrons. The summed E-state index contributed by atoms with van der Waals surface area (Å²) >= 11 is 0. The highest BCUT2D eigenvalue weighted by Gasteiger charge is 2.47. The molecule has 1 aromatic heterocycles. The van der Waals surface area contributed by atoms with E-state index in [-0.39, 0.29) is 18.6 Å². The Morgan fingerprint density at radius 2 is 2.24 bits per heavy atom. The molecule has 3 rings (SSSR count). The Hall–Kier alpha value is -2.15. The van der Waals surface area contributed by atoms with Crippen molar-refractivity contribution in [1.82, 2.24) is 9.88 Å². The van der Waals surface area contributed by atoms with Crippen LogP contribution in [0, 0.1) is 0 Å². The second kappa shape index (κ2) is 5.33. The molecule has 2 unspecified atom stereocenters. The first-order chi connectivity index (χ1) is 10.1. The van der Waals surface area contributed by atoms with Crippen LogP contribution in [-0.4, -0.2) is 52.7 Å². The van der Waals surface area contributed by atoms with E-state index in [1.807, 2.05) is 0 Å². The minimum atomic E-state index is -1.08. The van der Waals surface area contributed by atoms with Crippen LogP contribution >= 0.6 is 0 Å². The molecule has 2 aliphatic rings. The lowest BCUT2D eigenvalue weighted by Crippen LogP contribution is -2.52. The number of carboxylic acids is 1. The van der Waals surface area contributed by atoms with Gasteiger partial charge in [0.1, 0.15) is 6.61 Å². The number of methoxy groups -OCH3 is 1. The van der Waals surface area contributed by atoms with Crippen LogP contribution < -0.4 is 4.74 Å². The molecule has 1 aromatic rings. The Kier molecular flexibility index (Phi) is 3.50. The summed E-state index contributed by atoms with van der Waals surface area (Å²) in [5, 5.41) is 9.37. The SMILES string of the molecule is COc1ccc(C2C(C(=O)O)OCC(=O)N2C2CC2)cn1. The number of aliphatic carboxylic acids is 1. The van der Waals surface area contributed by atoms with E-state index in [9.17, 15) is 14.7 Å². The van der Waals surface area contributed by atoms with Crippen LogP contribution in [0.1, 0.15) is 24.4 Å². The smallest absolute Gasteiger partial charge is 0.335 e. The Labute approximate surface area is 121 Å². The fourth-order valence-corrected chi connectivity index (χ4v) is 2.64. The van der Waals surface area contributed by atoms with E-state index in [1.165, 1.54) is 13.3 Å². The van der Waals surface area contributed by atoms with Crippen LogP contribution in [0.4, 0.5) is 0 Å². The third kappa shape index (κ3) is 2.56. The maximum Gasteiger partial charge on any atom is 0.335 e. The van der Waals surface area contributed by atoms with Crippen molar-refractivity contribution in [2.24, 2.45) is 0 Å². The van der Waals surface area contributed by atoms with Crippen molar-refractivity contribution in [3.63, 3.8) is 0 Å². The van der Waals surface area contributed by atoms with Crippen molar-refractivity contribution in [2.75, 3.05) is 13.7 Å². The number of amides is 1. The first-order valence-electron chi connectivity index (χ1n) is 6.77. The lowest BCUT2D eigenvalue weighted by atomic mass is 9.99. The van der Waals surface area contributed by atoms with Crippen molar-refractivity contribution >= 4 is 11.9 Å². The van der Waals surface area contributed by atoms with Gasteiger partial charge in [-0.3, -0.25) is 4.79 Å². The number of rotatable bonds is 4. The molecule has 1 amide bonds. The van der Waals surface area contributed by atoms with Gasteiger partial charge in [-0.05, 0) is 24.5 Å². The van der Waals surface area contributed by atoms with Gasteiger partial charge in [-0.15, -0.1) is 0 Å². The molecule has 7 heteroatoms. The van der Waals surface area contributed by atoms with Gasteiger partial charge >= 0.3 is 5.97 Å². The van der Waals surface area contributed by atoms with Crippen LogP contribution in [0.2, 0.25) is 0 Å². The highest BCUT2D eigenvalue weighted by molar-refractivity contribution is 5.83. The van der Waals surface area contributed by atoms with Gasteiger partial charge in [0, 0.05) is 18.3 Å². The number of carbonyl (C=O) groups is 2. The third-order valence-corrected chi connectivity index (χ3v) is 3.75. The zero-order valence-corrected chi connectivity index (χ0v) is 11.6. The van der Waals surface area contributed by atoms with Gasteiger partial charge < -0.3 is 19.5 Å². The standard InChI is InChI=1S/C14H16N2O5/c1-20-10-5-2-8(6-15-10)12-13(14(18)19)21-7-11(17)16(12)9-3-4-9/h2,5-6,9,12-13H,3-4,7H2,1H3,(H,18,19). The molecule has 1 aliphatic heterocycles. The van der Waals surface area contributed by atoms with Gasteiger partial charge in [0.25, 0.3) is 0 Å². The number of morpholine rings is 1. The summed E-state index contributed by atoms with van der Waals surface area (Å²) in [4.78, 5) is 29.3. The normalized spacial score (nSPS) is 25.8. The third-order valence-electron chi connectivity index (χ3n) is 3.75. The zero-order chi connectivity index (χ0) is 15.0. The molecule has 0 aromatic carbocycles. The van der Waals surface area contributed by atoms with E-state index in [2.05, 4.69) is 4.98 Å². The number of hydrogen-bond acceptors (Lipinski definition) is 5. The zero-order valence-electron chi connectivity index (χ0n) is 11.6. The minimum Gasteiger partial charge on any atom is -0.481 e. The number of nitrogens with zero attached hydrogens (tertiary/aromatic N) is 2. The Morgan fingerprint density at radius 1 is 1.48 bits per heavy atom. The largest absolute Gasteiger partial charge is 0.481 e. The molecule has 0 bridgehead atoms. The Morgan fingerprint density at radius 3 is 2.76 bits per heavy atom. The molecule has 1 N–H and O–H groups in total. The lowest BCUT2D eigenvalue weighted by Gasteiger charge is -2.39. The van der Waals surface area contributed by atoms with Crippen LogP contribution in [-0.2, 0) is 14.3 Å². The van der Waals surface area contributed by atoms with Crippen molar-refractivity contribution in [2.45, 2.75) is 31.0 Å². The van der Waals surface area contributed by atoms with Crippen molar-refractivity contribution < 1.29 is 24.2 Å². The van der Waals surface area contributed by atoms with Crippen molar-refractivity contribution in [3.05, 3.63) is 23.9 Å². The van der Waals surface area contributed by atoms with Gasteiger partial charge in [-0.25, -0.2) is 9.78 Å². The summed E-state index contributed by atoms with van der Waals surface area (Å²) in [5.41, 5.74) is 0.642. The highest BCUT2D eigenvalue weighted by Crippen LogP contribution is 2.39. The molecule has 1 saturated carbocycles. The predicted octanol–water partition coefficient (Wildman–Crippen LogP) is 0.606. The average molecular weight is 292 g/mol. The fourth-order valence-electron chi connectivity index (χ4n) is 2.64. The molecule has 0 radical (unpaired) electrons. The molecular formula is C14H16N2O5. The summed E-state index contributed by atoms with van der Waals surface area (Å²) in [6.07, 6.45) is 2.27. The summed E-state index contributed by atoms with van der Waals surface area (Å²) in [6.45, 7) is -0.187. The molecule has 7 nitrogen and oxygen atoms in total. The predicted molar refractivity (Wildman–Crippen MR) is 70.8 cm³/mol. The summed E-state index contributed by atoms with van der Waals surface area (Å²) in [7, 11) is 1.51. The van der Waals surface area contributed by atoms with Gasteiger partial charge in [-0.2, -0.15) is 0 Å². The second-order valence-corrected chi connectivity index (χ2v) is 5.18. The number of carboxylic acid groups (broad SMARTS) is 1. The monoisotopic (exact) mass is 292 g/mol. The Bertz CT molecular complexity index is 555. The molecule has 2 heterocycles. The first kappa shape index (κ1) is 13.8. The van der Waals surface area contributed by atoms with E-state index in [0.29, 0.717) is 11.4 Å². The van der Waals surface area contributed by atoms with E-state index >= 15 is 0 Å². The number of carbonyl (C=O) groups excluding carboxylic acids is 1. The first-order valence-corrected chi connectivity index (χ1v) is 6.77. The summed E-state index contributed by atoms with van der Waals surface area (Å²) < 4.78 is 10.2. The molecular weight excluding hydrogens is 276 g/mol. The van der Waals surface area contributed by atoms with Gasteiger partial charge in [0.2, 0.25) is 11.8 Å². The van der Waals surface area contributed by atoms with E-state index in [1.54, 1.807) is 17.0 Å². The molecule has 21 heavy (non-hydrogen) atoms. The Balaban J connectivity index is 1.97. The van der Waals surface area contributed by atoms with Gasteiger partial charge in [-0.1, -0.05) is 0 Å². The number of pyridine rings is 1. The van der Waals surface area contributed by atoms with E-state index in [0.717, 1.165) is 12.8 Å². The average Bonchev–Trinajstić information content (AvgIpc) is 3.31. The van der Waals surface area contributed by atoms with E-state index in [4.69, 9.17) is 9.47 Å². The van der Waals surface area contributed by atoms with Crippen LogP contribution in [0.5, 0.6) is 5.88 Å². The van der Waals surface area contributed by atoms with Crippen molar-refractivity contribution in [3.8, 4) is 5.88 Å². The highest BCUT2D eigenvalue weighted by atomic mass is 16.5. The number of ether oxygens (including phenoxy) is 2. The second-order valence-electron chi connectivity index (χ2n) is 5.18.